The second-order valence-electron chi connectivity index (χ2n) is 6.21. The molecule has 0 unspecified atom stereocenters. The average molecular weight is 362 g/mol. The molecule has 1 fully saturated rings. The number of halogens is 1. The van der Waals surface area contributed by atoms with Gasteiger partial charge in [0.2, 0.25) is 0 Å². The minimum Gasteiger partial charge on any atom is -0.481 e. The summed E-state index contributed by atoms with van der Waals surface area (Å²) in [5.41, 5.74) is 0.715. The molecule has 132 valence electrons. The smallest absolute Gasteiger partial charge is 0.303 e. The summed E-state index contributed by atoms with van der Waals surface area (Å²) in [5.74, 6) is -1.13. The van der Waals surface area contributed by atoms with Crippen molar-refractivity contribution in [3.63, 3.8) is 0 Å². The Hall–Kier alpha value is -2.28. The third-order valence-corrected chi connectivity index (χ3v) is 5.28. The van der Waals surface area contributed by atoms with Crippen molar-refractivity contribution in [2.24, 2.45) is 5.92 Å². The van der Waals surface area contributed by atoms with Crippen LogP contribution in [0.5, 0.6) is 0 Å². The number of carbonyl (C=O) groups is 2. The second kappa shape index (κ2) is 7.74. The van der Waals surface area contributed by atoms with Crippen LogP contribution in [-0.4, -0.2) is 40.0 Å². The first-order valence-corrected chi connectivity index (χ1v) is 9.14. The summed E-state index contributed by atoms with van der Waals surface area (Å²) >= 11 is 1.25. The molecule has 1 saturated heterocycles. The van der Waals surface area contributed by atoms with E-state index < -0.39 is 5.97 Å². The number of hydrogen-bond acceptors (Lipinski definition) is 4. The zero-order valence-corrected chi connectivity index (χ0v) is 14.5. The fourth-order valence-electron chi connectivity index (χ4n) is 3.11. The second-order valence-corrected chi connectivity index (χ2v) is 7.07. The summed E-state index contributed by atoms with van der Waals surface area (Å²) in [6.45, 7) is 1.20. The molecule has 25 heavy (non-hydrogen) atoms. The quantitative estimate of drug-likeness (QED) is 0.881. The molecule has 0 radical (unpaired) electrons. The fraction of sp³-hybridized carbons (Fsp3) is 0.389. The van der Waals surface area contributed by atoms with Gasteiger partial charge in [0.05, 0.1) is 0 Å². The molecule has 0 saturated carbocycles. The molecular formula is C18H19FN2O3S. The normalized spacial score (nSPS) is 17.5. The molecule has 1 aromatic carbocycles. The van der Waals surface area contributed by atoms with E-state index >= 15 is 0 Å². The van der Waals surface area contributed by atoms with Crippen LogP contribution in [0.1, 0.15) is 36.2 Å². The summed E-state index contributed by atoms with van der Waals surface area (Å²) < 4.78 is 13.9. The first kappa shape index (κ1) is 17.5. The molecule has 1 amide bonds. The molecule has 2 aromatic rings. The standard InChI is InChI=1S/C18H19FN2O3S/c19-14-6-2-1-5-13(14)17-20-15(11-25-17)18(24)21-9-3-4-12(10-21)7-8-16(22)23/h1-2,5-6,11-12H,3-4,7-10H2,(H,22,23)/t12-/m0/s1. The van der Waals surface area contributed by atoms with E-state index in [1.165, 1.54) is 17.4 Å². The zero-order valence-electron chi connectivity index (χ0n) is 13.7. The van der Waals surface area contributed by atoms with E-state index in [1.54, 1.807) is 28.5 Å². The highest BCUT2D eigenvalue weighted by Gasteiger charge is 2.26. The molecule has 0 spiro atoms. The number of aromatic nitrogens is 1. The Labute approximate surface area is 149 Å². The summed E-state index contributed by atoms with van der Waals surface area (Å²) in [7, 11) is 0. The van der Waals surface area contributed by atoms with Crippen molar-refractivity contribution in [3.05, 3.63) is 41.2 Å². The zero-order chi connectivity index (χ0) is 17.8. The Kier molecular flexibility index (Phi) is 5.43. The van der Waals surface area contributed by atoms with Gasteiger partial charge in [-0.25, -0.2) is 9.37 Å². The van der Waals surface area contributed by atoms with Gasteiger partial charge in [0.25, 0.3) is 5.91 Å². The van der Waals surface area contributed by atoms with E-state index in [0.717, 1.165) is 12.8 Å². The van der Waals surface area contributed by atoms with Gasteiger partial charge in [0, 0.05) is 30.5 Å². The van der Waals surface area contributed by atoms with Crippen LogP contribution in [0.4, 0.5) is 4.39 Å². The minimum absolute atomic E-state index is 0.126. The molecule has 7 heteroatoms. The third kappa shape index (κ3) is 4.22. The van der Waals surface area contributed by atoms with Gasteiger partial charge in [0.1, 0.15) is 16.5 Å². The van der Waals surface area contributed by atoms with Crippen molar-refractivity contribution in [2.45, 2.75) is 25.7 Å². The SMILES string of the molecule is O=C(O)CC[C@@H]1CCCN(C(=O)c2csc(-c3ccccc3F)n2)C1. The number of hydrogen-bond donors (Lipinski definition) is 1. The molecule has 1 aromatic heterocycles. The van der Waals surface area contributed by atoms with E-state index in [9.17, 15) is 14.0 Å². The number of amides is 1. The molecule has 1 N–H and O–H groups in total. The number of carboxylic acids is 1. The molecule has 3 rings (SSSR count). The lowest BCUT2D eigenvalue weighted by Gasteiger charge is -2.32. The molecule has 1 atom stereocenters. The van der Waals surface area contributed by atoms with Gasteiger partial charge in [-0.2, -0.15) is 0 Å². The third-order valence-electron chi connectivity index (χ3n) is 4.40. The Morgan fingerprint density at radius 1 is 1.36 bits per heavy atom. The summed E-state index contributed by atoms with van der Waals surface area (Å²) in [4.78, 5) is 29.4. The molecular weight excluding hydrogens is 343 g/mol. The fourth-order valence-corrected chi connectivity index (χ4v) is 3.93. The Bertz CT molecular complexity index is 777. The number of rotatable bonds is 5. The lowest BCUT2D eigenvalue weighted by Crippen LogP contribution is -2.40. The number of carboxylic acid groups (broad SMARTS) is 1. The van der Waals surface area contributed by atoms with Crippen LogP contribution in [-0.2, 0) is 4.79 Å². The average Bonchev–Trinajstić information content (AvgIpc) is 3.10. The van der Waals surface area contributed by atoms with Crippen molar-refractivity contribution in [3.8, 4) is 10.6 Å². The van der Waals surface area contributed by atoms with Crippen molar-refractivity contribution < 1.29 is 19.1 Å². The van der Waals surface area contributed by atoms with Crippen molar-refractivity contribution in [1.82, 2.24) is 9.88 Å². The molecule has 2 heterocycles. The number of carbonyl (C=O) groups excluding carboxylic acids is 1. The van der Waals surface area contributed by atoms with Crippen LogP contribution in [0.3, 0.4) is 0 Å². The van der Waals surface area contributed by atoms with Gasteiger partial charge >= 0.3 is 5.97 Å². The van der Waals surface area contributed by atoms with E-state index in [1.807, 2.05) is 0 Å². The highest BCUT2D eigenvalue weighted by Crippen LogP contribution is 2.28. The first-order chi connectivity index (χ1) is 12.0. The maximum atomic E-state index is 13.9. The number of benzene rings is 1. The first-order valence-electron chi connectivity index (χ1n) is 8.26. The summed E-state index contributed by atoms with van der Waals surface area (Å²) in [6, 6.07) is 6.36. The number of piperidine rings is 1. The molecule has 0 aliphatic carbocycles. The lowest BCUT2D eigenvalue weighted by molar-refractivity contribution is -0.137. The van der Waals surface area contributed by atoms with Gasteiger partial charge in [-0.15, -0.1) is 11.3 Å². The van der Waals surface area contributed by atoms with E-state index in [2.05, 4.69) is 4.98 Å². The molecule has 1 aliphatic heterocycles. The lowest BCUT2D eigenvalue weighted by atomic mass is 9.93. The monoisotopic (exact) mass is 362 g/mol. The van der Waals surface area contributed by atoms with Crippen LogP contribution in [0.15, 0.2) is 29.6 Å². The van der Waals surface area contributed by atoms with Gasteiger partial charge in [0.15, 0.2) is 0 Å². The van der Waals surface area contributed by atoms with Crippen LogP contribution >= 0.6 is 11.3 Å². The number of nitrogens with zero attached hydrogens (tertiary/aromatic N) is 2. The number of likely N-dealkylation sites (tertiary alicyclic amines) is 1. The summed E-state index contributed by atoms with van der Waals surface area (Å²) in [6.07, 6.45) is 2.51. The largest absolute Gasteiger partial charge is 0.481 e. The molecule has 0 bridgehead atoms. The maximum Gasteiger partial charge on any atom is 0.303 e. The van der Waals surface area contributed by atoms with Crippen molar-refractivity contribution in [2.75, 3.05) is 13.1 Å². The Morgan fingerprint density at radius 2 is 2.16 bits per heavy atom. The Morgan fingerprint density at radius 3 is 2.92 bits per heavy atom. The van der Waals surface area contributed by atoms with E-state index in [4.69, 9.17) is 5.11 Å². The predicted molar refractivity (Wildman–Crippen MR) is 93.0 cm³/mol. The van der Waals surface area contributed by atoms with Gasteiger partial charge in [-0.05, 0) is 37.3 Å². The topological polar surface area (TPSA) is 70.5 Å². The van der Waals surface area contributed by atoms with Crippen LogP contribution in [0, 0.1) is 11.7 Å². The highest BCUT2D eigenvalue weighted by atomic mass is 32.1. The van der Waals surface area contributed by atoms with Crippen molar-refractivity contribution >= 4 is 23.2 Å². The number of aliphatic carboxylic acids is 1. The van der Waals surface area contributed by atoms with Gasteiger partial charge in [-0.1, -0.05) is 12.1 Å². The Balaban J connectivity index is 1.69. The van der Waals surface area contributed by atoms with E-state index in [0.29, 0.717) is 35.8 Å². The van der Waals surface area contributed by atoms with Crippen LogP contribution in [0.2, 0.25) is 0 Å². The van der Waals surface area contributed by atoms with Gasteiger partial charge < -0.3 is 10.0 Å². The summed E-state index contributed by atoms with van der Waals surface area (Å²) in [5, 5.41) is 11.0. The molecule has 5 nitrogen and oxygen atoms in total. The van der Waals surface area contributed by atoms with E-state index in [-0.39, 0.29) is 24.1 Å². The van der Waals surface area contributed by atoms with Crippen LogP contribution < -0.4 is 0 Å². The maximum absolute atomic E-state index is 13.9. The van der Waals surface area contributed by atoms with Crippen LogP contribution in [0.25, 0.3) is 10.6 Å². The predicted octanol–water partition coefficient (Wildman–Crippen LogP) is 3.67. The van der Waals surface area contributed by atoms with Gasteiger partial charge in [-0.3, -0.25) is 9.59 Å². The van der Waals surface area contributed by atoms with Crippen molar-refractivity contribution in [1.29, 1.82) is 0 Å². The minimum atomic E-state index is -0.808. The number of thiazole rings is 1. The highest BCUT2D eigenvalue weighted by molar-refractivity contribution is 7.13. The molecule has 1 aliphatic rings.